The van der Waals surface area contributed by atoms with E-state index in [4.69, 9.17) is 4.74 Å². The Morgan fingerprint density at radius 3 is 2.77 bits per heavy atom. The predicted octanol–water partition coefficient (Wildman–Crippen LogP) is 0.0902. The minimum atomic E-state index is -0.313. The van der Waals surface area contributed by atoms with Gasteiger partial charge in [0.1, 0.15) is 5.82 Å². The van der Waals surface area contributed by atoms with Crippen molar-refractivity contribution in [3.63, 3.8) is 0 Å². The number of morpholine rings is 1. The number of ether oxygens (including phenoxy) is 1. The van der Waals surface area contributed by atoms with Gasteiger partial charge in [-0.3, -0.25) is 9.80 Å². The second kappa shape index (κ2) is 7.46. The van der Waals surface area contributed by atoms with Crippen molar-refractivity contribution >= 4 is 0 Å². The average Bonchev–Trinajstić information content (AvgIpc) is 2.55. The molecule has 6 heteroatoms. The zero-order chi connectivity index (χ0) is 15.4. The molecule has 0 aliphatic carbocycles. The van der Waals surface area contributed by atoms with Crippen molar-refractivity contribution in [2.24, 2.45) is 0 Å². The molecule has 2 aliphatic heterocycles. The molecule has 0 amide bonds. The maximum Gasteiger partial charge on any atom is 0.128 e. The van der Waals surface area contributed by atoms with Crippen LogP contribution in [0.15, 0.2) is 6.20 Å². The molecule has 0 saturated carbocycles. The summed E-state index contributed by atoms with van der Waals surface area (Å²) in [6.07, 6.45) is 3.51. The summed E-state index contributed by atoms with van der Waals surface area (Å²) in [6.45, 7) is 8.72. The molecular weight excluding hydrogens is 280 g/mol. The zero-order valence-corrected chi connectivity index (χ0v) is 13.4. The van der Waals surface area contributed by atoms with Crippen LogP contribution in [0, 0.1) is 0 Å². The molecule has 1 fully saturated rings. The minimum absolute atomic E-state index is 0.313. The molecule has 3 rings (SSSR count). The van der Waals surface area contributed by atoms with Gasteiger partial charge in [0.15, 0.2) is 0 Å². The van der Waals surface area contributed by atoms with E-state index in [0.717, 1.165) is 70.3 Å². The Hall–Kier alpha value is -1.08. The van der Waals surface area contributed by atoms with Gasteiger partial charge < -0.3 is 9.84 Å². The SMILES string of the molecule is CCc1ncc2c(n1)CN(C[C@@H](O)CN1CCOCC1)CC2. The topological polar surface area (TPSA) is 61.7 Å². The molecule has 1 saturated heterocycles. The largest absolute Gasteiger partial charge is 0.390 e. The number of nitrogens with zero attached hydrogens (tertiary/aromatic N) is 4. The zero-order valence-electron chi connectivity index (χ0n) is 13.4. The quantitative estimate of drug-likeness (QED) is 0.832. The van der Waals surface area contributed by atoms with E-state index in [2.05, 4.69) is 26.7 Å². The highest BCUT2D eigenvalue weighted by Crippen LogP contribution is 2.17. The minimum Gasteiger partial charge on any atom is -0.390 e. The molecule has 1 atom stereocenters. The smallest absolute Gasteiger partial charge is 0.128 e. The van der Waals surface area contributed by atoms with E-state index in [9.17, 15) is 5.11 Å². The van der Waals surface area contributed by atoms with Gasteiger partial charge in [-0.25, -0.2) is 9.97 Å². The summed E-state index contributed by atoms with van der Waals surface area (Å²) in [4.78, 5) is 13.6. The Morgan fingerprint density at radius 1 is 1.23 bits per heavy atom. The maximum absolute atomic E-state index is 10.3. The Kier molecular flexibility index (Phi) is 5.36. The van der Waals surface area contributed by atoms with Gasteiger partial charge in [0.2, 0.25) is 0 Å². The number of aliphatic hydroxyl groups excluding tert-OH is 1. The normalized spacial score (nSPS) is 21.5. The lowest BCUT2D eigenvalue weighted by Crippen LogP contribution is -2.45. The monoisotopic (exact) mass is 306 g/mol. The Bertz CT molecular complexity index is 491. The number of fused-ring (bicyclic) bond motifs is 1. The number of β-amino-alcohol motifs (C(OH)–C–C–N with tert-alkyl or cyclic N) is 1. The molecule has 2 aliphatic rings. The molecule has 1 aromatic heterocycles. The van der Waals surface area contributed by atoms with Crippen molar-refractivity contribution < 1.29 is 9.84 Å². The standard InChI is InChI=1S/C16H26N4O2/c1-2-16-17-9-13-3-4-20(12-15(13)18-16)11-14(21)10-19-5-7-22-8-6-19/h9,14,21H,2-8,10-12H2,1H3/t14-/m0/s1. The van der Waals surface area contributed by atoms with E-state index in [1.54, 1.807) is 0 Å². The summed E-state index contributed by atoms with van der Waals surface area (Å²) in [5, 5.41) is 10.3. The van der Waals surface area contributed by atoms with Crippen LogP contribution in [0.5, 0.6) is 0 Å². The van der Waals surface area contributed by atoms with Crippen molar-refractivity contribution in [1.29, 1.82) is 0 Å². The Balaban J connectivity index is 1.52. The van der Waals surface area contributed by atoms with Crippen LogP contribution in [0.3, 0.4) is 0 Å². The van der Waals surface area contributed by atoms with E-state index in [1.807, 2.05) is 6.20 Å². The van der Waals surface area contributed by atoms with Crippen molar-refractivity contribution in [3.8, 4) is 0 Å². The van der Waals surface area contributed by atoms with Crippen molar-refractivity contribution in [1.82, 2.24) is 19.8 Å². The number of aryl methyl sites for hydroxylation is 1. The third kappa shape index (κ3) is 4.01. The van der Waals surface area contributed by atoms with E-state index in [-0.39, 0.29) is 6.10 Å². The van der Waals surface area contributed by atoms with Crippen LogP contribution in [0.1, 0.15) is 24.0 Å². The first-order valence-corrected chi connectivity index (χ1v) is 8.28. The summed E-state index contributed by atoms with van der Waals surface area (Å²) in [6, 6.07) is 0. The lowest BCUT2D eigenvalue weighted by Gasteiger charge is -2.33. The van der Waals surface area contributed by atoms with Gasteiger partial charge in [0.05, 0.1) is 25.0 Å². The molecular formula is C16H26N4O2. The summed E-state index contributed by atoms with van der Waals surface area (Å²) in [5.74, 6) is 0.912. The van der Waals surface area contributed by atoms with Crippen molar-refractivity contribution in [3.05, 3.63) is 23.3 Å². The summed E-state index contributed by atoms with van der Waals surface area (Å²) in [5.41, 5.74) is 2.40. The van der Waals surface area contributed by atoms with Gasteiger partial charge in [-0.15, -0.1) is 0 Å². The number of rotatable bonds is 5. The first-order chi connectivity index (χ1) is 10.7. The number of aliphatic hydroxyl groups is 1. The predicted molar refractivity (Wildman–Crippen MR) is 83.7 cm³/mol. The van der Waals surface area contributed by atoms with Crippen LogP contribution in [0.25, 0.3) is 0 Å². The fourth-order valence-electron chi connectivity index (χ4n) is 3.16. The van der Waals surface area contributed by atoms with Crippen LogP contribution in [-0.2, 0) is 24.1 Å². The second-order valence-corrected chi connectivity index (χ2v) is 6.16. The van der Waals surface area contributed by atoms with Crippen LogP contribution < -0.4 is 0 Å². The first-order valence-electron chi connectivity index (χ1n) is 8.28. The third-order valence-corrected chi connectivity index (χ3v) is 4.43. The average molecular weight is 306 g/mol. The maximum atomic E-state index is 10.3. The van der Waals surface area contributed by atoms with Gasteiger partial charge in [-0.2, -0.15) is 0 Å². The second-order valence-electron chi connectivity index (χ2n) is 6.16. The summed E-state index contributed by atoms with van der Waals surface area (Å²) < 4.78 is 5.34. The van der Waals surface area contributed by atoms with E-state index < -0.39 is 0 Å². The van der Waals surface area contributed by atoms with E-state index in [1.165, 1.54) is 5.56 Å². The molecule has 1 N–H and O–H groups in total. The molecule has 0 aromatic carbocycles. The third-order valence-electron chi connectivity index (χ3n) is 4.43. The Morgan fingerprint density at radius 2 is 2.00 bits per heavy atom. The molecule has 0 spiro atoms. The molecule has 3 heterocycles. The lowest BCUT2D eigenvalue weighted by molar-refractivity contribution is 0.00574. The van der Waals surface area contributed by atoms with Crippen LogP contribution in [-0.4, -0.2) is 76.9 Å². The molecule has 0 radical (unpaired) electrons. The number of aromatic nitrogens is 2. The molecule has 1 aromatic rings. The van der Waals surface area contributed by atoms with Gasteiger partial charge in [-0.1, -0.05) is 6.92 Å². The van der Waals surface area contributed by atoms with E-state index in [0.29, 0.717) is 6.54 Å². The Labute approximate surface area is 132 Å². The molecule has 0 unspecified atom stereocenters. The molecule has 6 nitrogen and oxygen atoms in total. The van der Waals surface area contributed by atoms with Crippen LogP contribution >= 0.6 is 0 Å². The fraction of sp³-hybridized carbons (Fsp3) is 0.750. The molecule has 22 heavy (non-hydrogen) atoms. The fourth-order valence-corrected chi connectivity index (χ4v) is 3.16. The van der Waals surface area contributed by atoms with Gasteiger partial charge in [0, 0.05) is 51.9 Å². The lowest BCUT2D eigenvalue weighted by atomic mass is 10.1. The highest BCUT2D eigenvalue weighted by molar-refractivity contribution is 5.20. The van der Waals surface area contributed by atoms with Crippen molar-refractivity contribution in [2.45, 2.75) is 32.4 Å². The number of hydrogen-bond acceptors (Lipinski definition) is 6. The van der Waals surface area contributed by atoms with Crippen LogP contribution in [0.2, 0.25) is 0 Å². The first kappa shape index (κ1) is 15.8. The van der Waals surface area contributed by atoms with E-state index >= 15 is 0 Å². The highest BCUT2D eigenvalue weighted by atomic mass is 16.5. The summed E-state index contributed by atoms with van der Waals surface area (Å²) in [7, 11) is 0. The van der Waals surface area contributed by atoms with Crippen LogP contribution in [0.4, 0.5) is 0 Å². The van der Waals surface area contributed by atoms with Gasteiger partial charge in [-0.05, 0) is 12.0 Å². The van der Waals surface area contributed by atoms with Gasteiger partial charge >= 0.3 is 0 Å². The summed E-state index contributed by atoms with van der Waals surface area (Å²) >= 11 is 0. The molecule has 122 valence electrons. The van der Waals surface area contributed by atoms with Crippen molar-refractivity contribution in [2.75, 3.05) is 45.9 Å². The number of hydrogen-bond donors (Lipinski definition) is 1. The molecule has 0 bridgehead atoms. The van der Waals surface area contributed by atoms with Gasteiger partial charge in [0.25, 0.3) is 0 Å². The highest BCUT2D eigenvalue weighted by Gasteiger charge is 2.22.